The third-order valence-corrected chi connectivity index (χ3v) is 3.61. The fourth-order valence-electron chi connectivity index (χ4n) is 0.738. The zero-order valence-electron chi connectivity index (χ0n) is 8.10. The van der Waals surface area contributed by atoms with Crippen LogP contribution in [0, 0.1) is 0 Å². The maximum atomic E-state index is 13.1. The highest BCUT2D eigenvalue weighted by atomic mass is 35.5. The Morgan fingerprint density at radius 3 is 2.62 bits per heavy atom. The monoisotopic (exact) mass is 279 g/mol. The van der Waals surface area contributed by atoms with Gasteiger partial charge in [-0.3, -0.25) is 0 Å². The molecule has 1 nitrogen and oxygen atoms in total. The third kappa shape index (κ3) is 4.38. The molecule has 0 aliphatic heterocycles. The summed E-state index contributed by atoms with van der Waals surface area (Å²) in [7, 11) is 0. The summed E-state index contributed by atoms with van der Waals surface area (Å²) in [5, 5.41) is 0. The second-order valence-corrected chi connectivity index (χ2v) is 5.50. The molecule has 0 unspecified atom stereocenters. The number of nitrogens with one attached hydrogen (secondary N) is 1. The summed E-state index contributed by atoms with van der Waals surface area (Å²) in [6.45, 7) is 6.34. The van der Waals surface area contributed by atoms with E-state index in [0.29, 0.717) is 10.4 Å². The van der Waals surface area contributed by atoms with Gasteiger partial charge in [0.15, 0.2) is 0 Å². The van der Waals surface area contributed by atoms with Crippen LogP contribution in [0.4, 0.5) is 8.78 Å². The topological polar surface area (TPSA) is 12.0 Å². The van der Waals surface area contributed by atoms with Crippen LogP contribution in [0.1, 0.15) is 0 Å². The summed E-state index contributed by atoms with van der Waals surface area (Å²) in [5.74, 6) is -1.65. The SMILES string of the molecule is C=C(F)/C=C(/F)C(=C)NSc1ccc(Cl)s1. The molecule has 1 N–H and O–H groups in total. The van der Waals surface area contributed by atoms with Crippen LogP contribution in [0.25, 0.3) is 0 Å². The molecule has 0 saturated heterocycles. The van der Waals surface area contributed by atoms with Crippen LogP contribution in [0.3, 0.4) is 0 Å². The van der Waals surface area contributed by atoms with Gasteiger partial charge in [-0.2, -0.15) is 0 Å². The number of hydrogen-bond acceptors (Lipinski definition) is 3. The third-order valence-electron chi connectivity index (χ3n) is 1.39. The van der Waals surface area contributed by atoms with Crippen molar-refractivity contribution < 1.29 is 8.78 Å². The highest BCUT2D eigenvalue weighted by molar-refractivity contribution is 7.99. The predicted molar refractivity (Wildman–Crippen MR) is 66.9 cm³/mol. The van der Waals surface area contributed by atoms with E-state index in [-0.39, 0.29) is 5.70 Å². The van der Waals surface area contributed by atoms with Crippen molar-refractivity contribution in [3.63, 3.8) is 0 Å². The van der Waals surface area contributed by atoms with E-state index in [2.05, 4.69) is 17.9 Å². The summed E-state index contributed by atoms with van der Waals surface area (Å²) < 4.78 is 29.5. The molecule has 0 atom stereocenters. The van der Waals surface area contributed by atoms with Gasteiger partial charge < -0.3 is 4.72 Å². The first-order chi connectivity index (χ1) is 7.49. The molecule has 0 aromatic carbocycles. The molecule has 0 fully saturated rings. The van der Waals surface area contributed by atoms with Gasteiger partial charge in [0.2, 0.25) is 0 Å². The normalized spacial score (nSPS) is 11.3. The minimum Gasteiger partial charge on any atom is -0.323 e. The van der Waals surface area contributed by atoms with E-state index >= 15 is 0 Å². The number of rotatable bonds is 5. The van der Waals surface area contributed by atoms with Crippen molar-refractivity contribution in [2.45, 2.75) is 4.21 Å². The number of hydrogen-bond donors (Lipinski definition) is 1. The molecule has 0 radical (unpaired) electrons. The van der Waals surface area contributed by atoms with Crippen molar-refractivity contribution in [3.05, 3.63) is 53.1 Å². The van der Waals surface area contributed by atoms with Gasteiger partial charge in [-0.15, -0.1) is 11.3 Å². The zero-order valence-corrected chi connectivity index (χ0v) is 10.5. The average molecular weight is 280 g/mol. The summed E-state index contributed by atoms with van der Waals surface area (Å²) in [4.78, 5) is 0. The molecular formula is C10H8ClF2NS2. The van der Waals surface area contributed by atoms with Crippen molar-refractivity contribution in [3.8, 4) is 0 Å². The molecule has 16 heavy (non-hydrogen) atoms. The van der Waals surface area contributed by atoms with Crippen LogP contribution in [-0.2, 0) is 0 Å². The van der Waals surface area contributed by atoms with Crippen LogP contribution in [0.5, 0.6) is 0 Å². The minimum absolute atomic E-state index is 0.0201. The molecule has 1 aromatic heterocycles. The summed E-state index contributed by atoms with van der Waals surface area (Å²) in [5.41, 5.74) is -0.0201. The molecule has 0 saturated carbocycles. The van der Waals surface area contributed by atoms with Crippen molar-refractivity contribution in [2.24, 2.45) is 0 Å². The second-order valence-electron chi connectivity index (χ2n) is 2.68. The van der Waals surface area contributed by atoms with Crippen LogP contribution >= 0.6 is 34.9 Å². The maximum absolute atomic E-state index is 13.1. The predicted octanol–water partition coefficient (Wildman–Crippen LogP) is 4.85. The highest BCUT2D eigenvalue weighted by Crippen LogP contribution is 2.29. The molecule has 86 valence electrons. The fourth-order valence-corrected chi connectivity index (χ4v) is 2.67. The largest absolute Gasteiger partial charge is 0.323 e. The van der Waals surface area contributed by atoms with Crippen LogP contribution < -0.4 is 4.72 Å². The van der Waals surface area contributed by atoms with Crippen LogP contribution in [-0.4, -0.2) is 0 Å². The average Bonchev–Trinajstić information content (AvgIpc) is 2.59. The molecule has 0 aliphatic rings. The van der Waals surface area contributed by atoms with Crippen molar-refractivity contribution in [1.29, 1.82) is 0 Å². The van der Waals surface area contributed by atoms with E-state index in [1.165, 1.54) is 11.3 Å². The first-order valence-electron chi connectivity index (χ1n) is 4.08. The Kier molecular flexibility index (Phi) is 5.05. The van der Waals surface area contributed by atoms with Crippen molar-refractivity contribution in [2.75, 3.05) is 0 Å². The lowest BCUT2D eigenvalue weighted by atomic mass is 10.4. The van der Waals surface area contributed by atoms with Crippen molar-refractivity contribution >= 4 is 34.9 Å². The molecule has 0 amide bonds. The van der Waals surface area contributed by atoms with Gasteiger partial charge in [0.05, 0.1) is 14.2 Å². The van der Waals surface area contributed by atoms with E-state index < -0.39 is 11.7 Å². The Hall–Kier alpha value is -0.780. The van der Waals surface area contributed by atoms with Crippen molar-refractivity contribution in [1.82, 2.24) is 4.72 Å². The quantitative estimate of drug-likeness (QED) is 0.611. The number of thiophene rings is 1. The second kappa shape index (κ2) is 6.08. The van der Waals surface area contributed by atoms with E-state index in [1.807, 2.05) is 0 Å². The Bertz CT molecular complexity index is 440. The lowest BCUT2D eigenvalue weighted by molar-refractivity contribution is 0.620. The zero-order chi connectivity index (χ0) is 12.1. The Labute approximate surface area is 106 Å². The lowest BCUT2D eigenvalue weighted by Crippen LogP contribution is -2.01. The molecule has 0 aliphatic carbocycles. The first-order valence-corrected chi connectivity index (χ1v) is 6.09. The number of halogens is 3. The lowest BCUT2D eigenvalue weighted by Gasteiger charge is -2.04. The van der Waals surface area contributed by atoms with Gasteiger partial charge in [-0.25, -0.2) is 8.78 Å². The summed E-state index contributed by atoms with van der Waals surface area (Å²) in [6, 6.07) is 3.52. The molecule has 1 rings (SSSR count). The van der Waals surface area contributed by atoms with Gasteiger partial charge in [0.1, 0.15) is 11.7 Å². The molecule has 6 heteroatoms. The van der Waals surface area contributed by atoms with E-state index in [0.717, 1.165) is 16.2 Å². The molecule has 1 heterocycles. The van der Waals surface area contributed by atoms with Gasteiger partial charge in [0.25, 0.3) is 0 Å². The Morgan fingerprint density at radius 2 is 2.12 bits per heavy atom. The Morgan fingerprint density at radius 1 is 1.44 bits per heavy atom. The first kappa shape index (κ1) is 13.3. The van der Waals surface area contributed by atoms with Crippen LogP contribution in [0.2, 0.25) is 4.34 Å². The van der Waals surface area contributed by atoms with Gasteiger partial charge >= 0.3 is 0 Å². The smallest absolute Gasteiger partial charge is 0.149 e. The summed E-state index contributed by atoms with van der Waals surface area (Å²) in [6.07, 6.45) is 0.664. The fraction of sp³-hybridized carbons (Fsp3) is 0. The standard InChI is InChI=1S/C10H8ClF2NS2/c1-6(12)5-8(13)7(2)14-16-10-4-3-9(11)15-10/h3-5,14H,1-2H2/b8-5+. The van der Waals surface area contributed by atoms with Gasteiger partial charge in [-0.1, -0.05) is 24.8 Å². The van der Waals surface area contributed by atoms with E-state index in [1.54, 1.807) is 12.1 Å². The minimum atomic E-state index is -0.857. The van der Waals surface area contributed by atoms with Gasteiger partial charge in [-0.05, 0) is 24.1 Å². The highest BCUT2D eigenvalue weighted by Gasteiger charge is 2.04. The molecule has 1 aromatic rings. The summed E-state index contributed by atoms with van der Waals surface area (Å²) >= 11 is 8.22. The van der Waals surface area contributed by atoms with Gasteiger partial charge in [0, 0.05) is 6.08 Å². The molecule has 0 spiro atoms. The Balaban J connectivity index is 2.50. The van der Waals surface area contributed by atoms with E-state index in [4.69, 9.17) is 11.6 Å². The molecular weight excluding hydrogens is 272 g/mol. The molecule has 0 bridgehead atoms. The maximum Gasteiger partial charge on any atom is 0.149 e. The van der Waals surface area contributed by atoms with Crippen LogP contribution in [0.15, 0.2) is 52.9 Å². The number of allylic oxidation sites excluding steroid dienone is 3. The van der Waals surface area contributed by atoms with E-state index in [9.17, 15) is 8.78 Å².